The Hall–Kier alpha value is -0.0800. The Kier molecular flexibility index (Phi) is 5.97. The van der Waals surface area contributed by atoms with Crippen LogP contribution in [0.4, 0.5) is 0 Å². The highest BCUT2D eigenvalue weighted by Gasteiger charge is 2.29. The SMILES string of the molecule is CCCCC(CC)CN1CCN2CCCCC2C1. The van der Waals surface area contributed by atoms with E-state index in [-0.39, 0.29) is 0 Å². The number of piperidine rings is 1. The lowest BCUT2D eigenvalue weighted by molar-refractivity contribution is 0.0406. The fourth-order valence-corrected chi connectivity index (χ4v) is 3.67. The van der Waals surface area contributed by atoms with Crippen LogP contribution in [0.1, 0.15) is 58.8 Å². The van der Waals surface area contributed by atoms with Crippen LogP contribution in [0.2, 0.25) is 0 Å². The first-order chi connectivity index (χ1) is 8.83. The molecule has 18 heavy (non-hydrogen) atoms. The van der Waals surface area contributed by atoms with E-state index in [1.165, 1.54) is 77.7 Å². The smallest absolute Gasteiger partial charge is 0.0223 e. The van der Waals surface area contributed by atoms with Gasteiger partial charge in [-0.25, -0.2) is 0 Å². The maximum atomic E-state index is 2.76. The summed E-state index contributed by atoms with van der Waals surface area (Å²) in [4.78, 5) is 5.50. The Morgan fingerprint density at radius 1 is 1.11 bits per heavy atom. The first-order valence-electron chi connectivity index (χ1n) is 8.29. The summed E-state index contributed by atoms with van der Waals surface area (Å²) in [6.07, 6.45) is 9.92. The molecule has 2 aliphatic heterocycles. The highest BCUT2D eigenvalue weighted by Crippen LogP contribution is 2.23. The summed E-state index contributed by atoms with van der Waals surface area (Å²) < 4.78 is 0. The summed E-state index contributed by atoms with van der Waals surface area (Å²) in [5.41, 5.74) is 0. The van der Waals surface area contributed by atoms with E-state index in [1.807, 2.05) is 0 Å². The Labute approximate surface area is 114 Å². The molecule has 2 atom stereocenters. The molecule has 2 nitrogen and oxygen atoms in total. The molecule has 0 aromatic rings. The highest BCUT2D eigenvalue weighted by atomic mass is 15.3. The van der Waals surface area contributed by atoms with Gasteiger partial charge in [-0.1, -0.05) is 39.5 Å². The van der Waals surface area contributed by atoms with E-state index >= 15 is 0 Å². The van der Waals surface area contributed by atoms with Crippen LogP contribution in [-0.4, -0.2) is 48.6 Å². The van der Waals surface area contributed by atoms with E-state index in [4.69, 9.17) is 0 Å². The van der Waals surface area contributed by atoms with Gasteiger partial charge in [0, 0.05) is 32.2 Å². The van der Waals surface area contributed by atoms with Gasteiger partial charge in [-0.15, -0.1) is 0 Å². The van der Waals surface area contributed by atoms with Crippen LogP contribution in [0.15, 0.2) is 0 Å². The van der Waals surface area contributed by atoms with Crippen molar-refractivity contribution >= 4 is 0 Å². The van der Waals surface area contributed by atoms with Crippen LogP contribution in [0.25, 0.3) is 0 Å². The summed E-state index contributed by atoms with van der Waals surface area (Å²) in [5.74, 6) is 0.945. The number of hydrogen-bond donors (Lipinski definition) is 0. The van der Waals surface area contributed by atoms with Gasteiger partial charge in [-0.05, 0) is 31.7 Å². The second kappa shape index (κ2) is 7.49. The van der Waals surface area contributed by atoms with Crippen LogP contribution in [0, 0.1) is 5.92 Å². The molecule has 2 heteroatoms. The predicted octanol–water partition coefficient (Wildman–Crippen LogP) is 3.37. The van der Waals surface area contributed by atoms with Crippen molar-refractivity contribution in [3.05, 3.63) is 0 Å². The summed E-state index contributed by atoms with van der Waals surface area (Å²) in [7, 11) is 0. The fourth-order valence-electron chi connectivity index (χ4n) is 3.67. The Morgan fingerprint density at radius 3 is 2.78 bits per heavy atom. The monoisotopic (exact) mass is 252 g/mol. The molecule has 2 aliphatic rings. The lowest BCUT2D eigenvalue weighted by Crippen LogP contribution is -2.55. The molecule has 0 aliphatic carbocycles. The number of hydrogen-bond acceptors (Lipinski definition) is 2. The molecule has 2 heterocycles. The van der Waals surface area contributed by atoms with Gasteiger partial charge in [0.1, 0.15) is 0 Å². The molecule has 0 saturated carbocycles. The molecule has 0 radical (unpaired) electrons. The maximum absolute atomic E-state index is 2.76. The second-order valence-electron chi connectivity index (χ2n) is 6.36. The summed E-state index contributed by atoms with van der Waals surface area (Å²) in [5, 5.41) is 0. The van der Waals surface area contributed by atoms with Gasteiger partial charge in [0.15, 0.2) is 0 Å². The lowest BCUT2D eigenvalue weighted by Gasteiger charge is -2.44. The molecular formula is C16H32N2. The average molecular weight is 252 g/mol. The Morgan fingerprint density at radius 2 is 2.00 bits per heavy atom. The van der Waals surface area contributed by atoms with Crippen molar-refractivity contribution < 1.29 is 0 Å². The molecule has 2 rings (SSSR count). The average Bonchev–Trinajstić information content (AvgIpc) is 2.43. The number of rotatable bonds is 6. The maximum Gasteiger partial charge on any atom is 0.0223 e. The normalized spacial score (nSPS) is 28.0. The fraction of sp³-hybridized carbons (Fsp3) is 1.00. The summed E-state index contributed by atoms with van der Waals surface area (Å²) >= 11 is 0. The van der Waals surface area contributed by atoms with Gasteiger partial charge in [0.2, 0.25) is 0 Å². The minimum absolute atomic E-state index is 0.885. The van der Waals surface area contributed by atoms with Gasteiger partial charge in [-0.3, -0.25) is 4.90 Å². The van der Waals surface area contributed by atoms with Gasteiger partial charge in [0.05, 0.1) is 0 Å². The zero-order valence-corrected chi connectivity index (χ0v) is 12.5. The standard InChI is InChI=1S/C16H32N2/c1-3-5-8-15(4-2)13-17-11-12-18-10-7-6-9-16(18)14-17/h15-16H,3-14H2,1-2H3. The van der Waals surface area contributed by atoms with E-state index in [1.54, 1.807) is 0 Å². The van der Waals surface area contributed by atoms with Crippen LogP contribution >= 0.6 is 0 Å². The third kappa shape index (κ3) is 3.96. The predicted molar refractivity (Wildman–Crippen MR) is 79.0 cm³/mol. The van der Waals surface area contributed by atoms with Crippen LogP contribution in [0.3, 0.4) is 0 Å². The molecule has 0 bridgehead atoms. The number of nitrogens with zero attached hydrogens (tertiary/aromatic N) is 2. The molecule has 2 fully saturated rings. The van der Waals surface area contributed by atoms with E-state index in [9.17, 15) is 0 Å². The van der Waals surface area contributed by atoms with Gasteiger partial charge in [-0.2, -0.15) is 0 Å². The largest absolute Gasteiger partial charge is 0.300 e. The topological polar surface area (TPSA) is 6.48 Å². The van der Waals surface area contributed by atoms with E-state index in [0.717, 1.165) is 12.0 Å². The molecule has 0 aromatic heterocycles. The third-order valence-electron chi connectivity index (χ3n) is 4.98. The molecule has 2 unspecified atom stereocenters. The first kappa shape index (κ1) is 14.3. The van der Waals surface area contributed by atoms with Crippen LogP contribution < -0.4 is 0 Å². The first-order valence-corrected chi connectivity index (χ1v) is 8.29. The van der Waals surface area contributed by atoms with E-state index in [2.05, 4.69) is 23.6 Å². The molecule has 0 spiro atoms. The van der Waals surface area contributed by atoms with Crippen molar-refractivity contribution in [3.63, 3.8) is 0 Å². The van der Waals surface area contributed by atoms with Crippen molar-refractivity contribution in [2.45, 2.75) is 64.8 Å². The molecule has 0 aromatic carbocycles. The highest BCUT2D eigenvalue weighted by molar-refractivity contribution is 4.85. The Balaban J connectivity index is 1.75. The number of unbranched alkanes of at least 4 members (excludes halogenated alkanes) is 1. The van der Waals surface area contributed by atoms with Gasteiger partial charge < -0.3 is 4.90 Å². The van der Waals surface area contributed by atoms with Gasteiger partial charge >= 0.3 is 0 Å². The van der Waals surface area contributed by atoms with Gasteiger partial charge in [0.25, 0.3) is 0 Å². The van der Waals surface area contributed by atoms with E-state index in [0.29, 0.717) is 0 Å². The lowest BCUT2D eigenvalue weighted by atomic mass is 9.96. The van der Waals surface area contributed by atoms with Crippen molar-refractivity contribution in [1.82, 2.24) is 9.80 Å². The Bertz CT molecular complexity index is 229. The second-order valence-corrected chi connectivity index (χ2v) is 6.36. The third-order valence-corrected chi connectivity index (χ3v) is 4.98. The van der Waals surface area contributed by atoms with Crippen molar-refractivity contribution in [2.24, 2.45) is 5.92 Å². The zero-order valence-electron chi connectivity index (χ0n) is 12.5. The molecule has 0 amide bonds. The van der Waals surface area contributed by atoms with E-state index < -0.39 is 0 Å². The van der Waals surface area contributed by atoms with Crippen molar-refractivity contribution in [2.75, 3.05) is 32.7 Å². The molecular weight excluding hydrogens is 220 g/mol. The quantitative estimate of drug-likeness (QED) is 0.715. The van der Waals surface area contributed by atoms with Crippen LogP contribution in [0.5, 0.6) is 0 Å². The zero-order chi connectivity index (χ0) is 12.8. The van der Waals surface area contributed by atoms with Crippen LogP contribution in [-0.2, 0) is 0 Å². The molecule has 2 saturated heterocycles. The van der Waals surface area contributed by atoms with Crippen molar-refractivity contribution in [1.29, 1.82) is 0 Å². The minimum atomic E-state index is 0.885. The number of piperazine rings is 1. The molecule has 0 N–H and O–H groups in total. The summed E-state index contributed by atoms with van der Waals surface area (Å²) in [6, 6.07) is 0.885. The molecule has 106 valence electrons. The minimum Gasteiger partial charge on any atom is -0.300 e. The number of fused-ring (bicyclic) bond motifs is 1. The van der Waals surface area contributed by atoms with Crippen molar-refractivity contribution in [3.8, 4) is 0 Å². The summed E-state index contributed by atoms with van der Waals surface area (Å²) in [6.45, 7) is 11.4.